The minimum Gasteiger partial charge on any atom is -0.432 e. The smallest absolute Gasteiger partial charge is 0.290 e. The molecule has 4 heteroatoms. The van der Waals surface area contributed by atoms with Crippen LogP contribution in [0.25, 0.3) is 21.9 Å². The summed E-state index contributed by atoms with van der Waals surface area (Å²) in [7, 11) is 2.12. The molecule has 3 aromatic carbocycles. The highest BCUT2D eigenvalue weighted by Crippen LogP contribution is 2.42. The van der Waals surface area contributed by atoms with Gasteiger partial charge in [0.05, 0.1) is 5.41 Å². The lowest BCUT2D eigenvalue weighted by molar-refractivity contribution is -0.402. The summed E-state index contributed by atoms with van der Waals surface area (Å²) < 4.78 is 8.76. The van der Waals surface area contributed by atoms with E-state index in [1.165, 1.54) is 47.0 Å². The van der Waals surface area contributed by atoms with Crippen LogP contribution in [-0.2, 0) is 5.41 Å². The number of fused-ring (bicyclic) bond motifs is 4. The van der Waals surface area contributed by atoms with Crippen molar-refractivity contribution in [2.45, 2.75) is 38.5 Å². The van der Waals surface area contributed by atoms with E-state index in [2.05, 4.69) is 85.0 Å². The lowest BCUT2D eigenvalue weighted by Gasteiger charge is -2.29. The second-order valence-electron chi connectivity index (χ2n) is 9.40. The van der Waals surface area contributed by atoms with Crippen LogP contribution in [0.5, 0.6) is 0 Å². The summed E-state index contributed by atoms with van der Waals surface area (Å²) in [6.45, 7) is 6.74. The number of aromatic nitrogens is 1. The molecule has 2 aliphatic heterocycles. The van der Waals surface area contributed by atoms with Crippen LogP contribution in [-0.4, -0.2) is 35.4 Å². The first kappa shape index (κ1) is 18.6. The molecule has 156 valence electrons. The van der Waals surface area contributed by atoms with Crippen LogP contribution in [0, 0.1) is 0 Å². The lowest BCUT2D eigenvalue weighted by Crippen LogP contribution is -2.29. The highest BCUT2D eigenvalue weighted by Gasteiger charge is 2.47. The number of rotatable bonds is 2. The number of anilines is 1. The molecule has 1 aromatic heterocycles. The first-order valence-corrected chi connectivity index (χ1v) is 11.3. The van der Waals surface area contributed by atoms with Crippen molar-refractivity contribution < 1.29 is 8.99 Å². The van der Waals surface area contributed by atoms with Crippen molar-refractivity contribution in [3.8, 4) is 0 Å². The fourth-order valence-electron chi connectivity index (χ4n) is 5.61. The minimum atomic E-state index is -0.169. The normalized spacial score (nSPS) is 18.2. The molecule has 31 heavy (non-hydrogen) atoms. The number of para-hydroxylation sites is 1. The molecule has 0 atom stereocenters. The maximum Gasteiger partial charge on any atom is 0.290 e. The molecule has 0 unspecified atom stereocenters. The Bertz CT molecular complexity index is 1360. The van der Waals surface area contributed by atoms with Crippen LogP contribution in [0.15, 0.2) is 59.0 Å². The Morgan fingerprint density at radius 3 is 2.42 bits per heavy atom. The van der Waals surface area contributed by atoms with Crippen LogP contribution >= 0.6 is 0 Å². The van der Waals surface area contributed by atoms with Gasteiger partial charge in [0.1, 0.15) is 12.6 Å². The van der Waals surface area contributed by atoms with E-state index in [0.29, 0.717) is 0 Å². The molecule has 6 rings (SSSR count). The van der Waals surface area contributed by atoms with Gasteiger partial charge in [-0.1, -0.05) is 42.5 Å². The number of hydrogen-bond donors (Lipinski definition) is 0. The van der Waals surface area contributed by atoms with E-state index in [1.807, 2.05) is 0 Å². The van der Waals surface area contributed by atoms with Crippen molar-refractivity contribution in [3.05, 3.63) is 66.1 Å². The Morgan fingerprint density at radius 1 is 0.935 bits per heavy atom. The predicted molar refractivity (Wildman–Crippen MR) is 127 cm³/mol. The maximum atomic E-state index is 6.51. The summed E-state index contributed by atoms with van der Waals surface area (Å²) in [5.41, 5.74) is 6.60. The van der Waals surface area contributed by atoms with Gasteiger partial charge in [-0.05, 0) is 33.1 Å². The molecule has 0 saturated carbocycles. The second kappa shape index (κ2) is 6.68. The molecule has 1 saturated heterocycles. The van der Waals surface area contributed by atoms with Crippen LogP contribution in [0.2, 0.25) is 0 Å². The van der Waals surface area contributed by atoms with Gasteiger partial charge in [-0.3, -0.25) is 0 Å². The standard InChI is InChI=1S/C27H28N3O/c1-27(2)20-13-7-8-14-21(20)29(3)25(27)26-28-24-19-12-6-5-11-18(19)22(17-23(24)31-26)30-15-9-4-10-16-30/h5-8,11-14,17H,4,9-10,15-16H2,1-3H3/q+1. The third kappa shape index (κ3) is 2.67. The molecular formula is C27H28N3O+. The Labute approximate surface area is 182 Å². The maximum absolute atomic E-state index is 6.51. The third-order valence-electron chi connectivity index (χ3n) is 7.14. The molecule has 0 bridgehead atoms. The predicted octanol–water partition coefficient (Wildman–Crippen LogP) is 6.03. The summed E-state index contributed by atoms with van der Waals surface area (Å²) in [6.07, 6.45) is 3.83. The lowest BCUT2D eigenvalue weighted by atomic mass is 9.81. The number of oxazole rings is 1. The minimum absolute atomic E-state index is 0.169. The monoisotopic (exact) mass is 410 g/mol. The number of nitrogens with zero attached hydrogens (tertiary/aromatic N) is 3. The van der Waals surface area contributed by atoms with E-state index in [9.17, 15) is 0 Å². The van der Waals surface area contributed by atoms with Crippen LogP contribution in [0.3, 0.4) is 0 Å². The Hall–Kier alpha value is -3.14. The van der Waals surface area contributed by atoms with E-state index in [-0.39, 0.29) is 5.41 Å². The topological polar surface area (TPSA) is 32.3 Å². The average molecular weight is 411 g/mol. The molecule has 4 aromatic rings. The molecule has 2 aliphatic rings. The Kier molecular flexibility index (Phi) is 4.01. The number of hydrogen-bond acceptors (Lipinski definition) is 3. The number of benzene rings is 3. The Morgan fingerprint density at radius 2 is 1.65 bits per heavy atom. The van der Waals surface area contributed by atoms with Gasteiger partial charge >= 0.3 is 0 Å². The molecule has 1 fully saturated rings. The quantitative estimate of drug-likeness (QED) is 0.379. The molecule has 3 heterocycles. The third-order valence-corrected chi connectivity index (χ3v) is 7.14. The molecule has 0 amide bonds. The van der Waals surface area contributed by atoms with Gasteiger partial charge in [0, 0.05) is 47.2 Å². The summed E-state index contributed by atoms with van der Waals surface area (Å²) in [5.74, 6) is 0.722. The van der Waals surface area contributed by atoms with Crippen LogP contribution in [0.4, 0.5) is 11.4 Å². The summed E-state index contributed by atoms with van der Waals surface area (Å²) in [5, 5.41) is 2.44. The highest BCUT2D eigenvalue weighted by atomic mass is 16.3. The average Bonchev–Trinajstić information content (AvgIpc) is 3.30. The van der Waals surface area contributed by atoms with Gasteiger partial charge < -0.3 is 9.32 Å². The molecule has 0 N–H and O–H groups in total. The zero-order valence-electron chi connectivity index (χ0n) is 18.5. The van der Waals surface area contributed by atoms with Gasteiger partial charge in [0.2, 0.25) is 5.69 Å². The van der Waals surface area contributed by atoms with Crippen molar-refractivity contribution in [2.75, 3.05) is 25.0 Å². The van der Waals surface area contributed by atoms with E-state index in [1.54, 1.807) is 0 Å². The van der Waals surface area contributed by atoms with E-state index in [4.69, 9.17) is 9.40 Å². The van der Waals surface area contributed by atoms with Gasteiger partial charge in [-0.25, -0.2) is 4.98 Å². The van der Waals surface area contributed by atoms with Crippen molar-refractivity contribution in [1.29, 1.82) is 0 Å². The van der Waals surface area contributed by atoms with Gasteiger partial charge in [0.15, 0.2) is 5.58 Å². The summed E-state index contributed by atoms with van der Waals surface area (Å²) in [4.78, 5) is 7.59. The van der Waals surface area contributed by atoms with Gasteiger partial charge in [-0.15, -0.1) is 0 Å². The molecular weight excluding hydrogens is 382 g/mol. The van der Waals surface area contributed by atoms with E-state index >= 15 is 0 Å². The second-order valence-corrected chi connectivity index (χ2v) is 9.40. The molecule has 0 radical (unpaired) electrons. The molecule has 0 aliphatic carbocycles. The first-order chi connectivity index (χ1) is 15.1. The van der Waals surface area contributed by atoms with Crippen molar-refractivity contribution in [3.63, 3.8) is 0 Å². The zero-order valence-corrected chi connectivity index (χ0v) is 18.5. The van der Waals surface area contributed by atoms with Crippen molar-refractivity contribution in [2.24, 2.45) is 0 Å². The van der Waals surface area contributed by atoms with Crippen molar-refractivity contribution >= 4 is 39.0 Å². The molecule has 4 nitrogen and oxygen atoms in total. The fraction of sp³-hybridized carbons (Fsp3) is 0.333. The largest absolute Gasteiger partial charge is 0.432 e. The summed E-state index contributed by atoms with van der Waals surface area (Å²) in [6, 6.07) is 19.5. The van der Waals surface area contributed by atoms with Gasteiger partial charge in [0.25, 0.3) is 11.6 Å². The van der Waals surface area contributed by atoms with Gasteiger partial charge in [-0.2, -0.15) is 4.58 Å². The van der Waals surface area contributed by atoms with E-state index in [0.717, 1.165) is 35.8 Å². The summed E-state index contributed by atoms with van der Waals surface area (Å²) >= 11 is 0. The highest BCUT2D eigenvalue weighted by molar-refractivity contribution is 6.12. The molecule has 0 spiro atoms. The fourth-order valence-corrected chi connectivity index (χ4v) is 5.61. The van der Waals surface area contributed by atoms with Crippen molar-refractivity contribution in [1.82, 2.24) is 4.98 Å². The van der Waals surface area contributed by atoms with E-state index < -0.39 is 0 Å². The SMILES string of the molecule is C[N+]1=C(c2nc3c(cc(N4CCCCC4)c4ccccc43)o2)C(C)(C)c2ccccc21. The number of piperidine rings is 1. The Balaban J connectivity index is 1.58. The van der Waals surface area contributed by atoms with Crippen LogP contribution in [0.1, 0.15) is 44.6 Å². The van der Waals surface area contributed by atoms with Crippen LogP contribution < -0.4 is 4.90 Å². The first-order valence-electron chi connectivity index (χ1n) is 11.3. The zero-order chi connectivity index (χ0) is 21.2.